The van der Waals surface area contributed by atoms with Crippen molar-refractivity contribution in [1.29, 1.82) is 5.26 Å². The SMILES string of the molecule is N#CCOc1ccc(/C=C/C(=O)NCC(O)c2ccco2)cc1. The van der Waals surface area contributed by atoms with Crippen molar-refractivity contribution in [2.24, 2.45) is 0 Å². The van der Waals surface area contributed by atoms with Gasteiger partial charge in [-0.25, -0.2) is 0 Å². The molecule has 2 rings (SSSR count). The maximum Gasteiger partial charge on any atom is 0.244 e. The van der Waals surface area contributed by atoms with Crippen molar-refractivity contribution in [3.05, 3.63) is 60.1 Å². The largest absolute Gasteiger partial charge is 0.479 e. The maximum atomic E-state index is 11.7. The zero-order chi connectivity index (χ0) is 16.5. The number of hydrogen-bond donors (Lipinski definition) is 2. The second kappa shape index (κ2) is 8.41. The first-order valence-corrected chi connectivity index (χ1v) is 6.96. The van der Waals surface area contributed by atoms with E-state index >= 15 is 0 Å². The lowest BCUT2D eigenvalue weighted by Crippen LogP contribution is -2.26. The van der Waals surface area contributed by atoms with Gasteiger partial charge >= 0.3 is 0 Å². The Balaban J connectivity index is 1.80. The molecular formula is C17H16N2O4. The molecule has 0 saturated heterocycles. The highest BCUT2D eigenvalue weighted by atomic mass is 16.5. The molecule has 6 heteroatoms. The minimum Gasteiger partial charge on any atom is -0.479 e. The molecule has 1 unspecified atom stereocenters. The van der Waals surface area contributed by atoms with Gasteiger partial charge in [0.2, 0.25) is 5.91 Å². The lowest BCUT2D eigenvalue weighted by molar-refractivity contribution is -0.116. The standard InChI is InChI=1S/C17H16N2O4/c18-9-11-22-14-6-3-13(4-7-14)5-8-17(21)19-12-15(20)16-2-1-10-23-16/h1-8,10,15,20H,11-12H2,(H,19,21)/b8-5+. The zero-order valence-corrected chi connectivity index (χ0v) is 12.3. The minimum absolute atomic E-state index is 0.00438. The first-order valence-electron chi connectivity index (χ1n) is 6.96. The molecule has 1 amide bonds. The Morgan fingerprint density at radius 1 is 1.39 bits per heavy atom. The van der Waals surface area contributed by atoms with E-state index in [-0.39, 0.29) is 19.1 Å². The number of rotatable bonds is 7. The van der Waals surface area contributed by atoms with Gasteiger partial charge in [-0.05, 0) is 35.9 Å². The fraction of sp³-hybridized carbons (Fsp3) is 0.176. The highest BCUT2D eigenvalue weighted by Crippen LogP contribution is 2.13. The lowest BCUT2D eigenvalue weighted by atomic mass is 10.2. The van der Waals surface area contributed by atoms with Gasteiger partial charge < -0.3 is 19.6 Å². The number of hydrogen-bond acceptors (Lipinski definition) is 5. The summed E-state index contributed by atoms with van der Waals surface area (Å²) in [6.45, 7) is 0.0627. The third-order valence-electron chi connectivity index (χ3n) is 2.95. The Labute approximate surface area is 133 Å². The predicted molar refractivity (Wildman–Crippen MR) is 83.3 cm³/mol. The van der Waals surface area contributed by atoms with Crippen molar-refractivity contribution < 1.29 is 19.1 Å². The quantitative estimate of drug-likeness (QED) is 0.763. The Hall–Kier alpha value is -3.04. The smallest absolute Gasteiger partial charge is 0.244 e. The van der Waals surface area contributed by atoms with Crippen LogP contribution in [0.3, 0.4) is 0 Å². The summed E-state index contributed by atoms with van der Waals surface area (Å²) in [5.41, 5.74) is 0.816. The fourth-order valence-electron chi connectivity index (χ4n) is 1.80. The van der Waals surface area contributed by atoms with Crippen LogP contribution in [0, 0.1) is 11.3 Å². The molecule has 0 spiro atoms. The van der Waals surface area contributed by atoms with Crippen LogP contribution in [0.25, 0.3) is 6.08 Å². The number of carbonyl (C=O) groups is 1. The molecule has 0 fully saturated rings. The number of amides is 1. The van der Waals surface area contributed by atoms with E-state index in [1.807, 2.05) is 6.07 Å². The first-order chi connectivity index (χ1) is 11.2. The van der Waals surface area contributed by atoms with Crippen LogP contribution in [0.4, 0.5) is 0 Å². The number of aliphatic hydroxyl groups is 1. The zero-order valence-electron chi connectivity index (χ0n) is 12.3. The van der Waals surface area contributed by atoms with Crippen LogP contribution in [-0.2, 0) is 4.79 Å². The summed E-state index contributed by atoms with van der Waals surface area (Å²) in [5, 5.41) is 20.8. The van der Waals surface area contributed by atoms with E-state index in [0.717, 1.165) is 5.56 Å². The monoisotopic (exact) mass is 312 g/mol. The van der Waals surface area contributed by atoms with Crippen LogP contribution in [0.15, 0.2) is 53.2 Å². The van der Waals surface area contributed by atoms with E-state index in [1.54, 1.807) is 42.5 Å². The van der Waals surface area contributed by atoms with E-state index < -0.39 is 6.10 Å². The van der Waals surface area contributed by atoms with Gasteiger partial charge in [0.1, 0.15) is 23.7 Å². The Morgan fingerprint density at radius 2 is 2.17 bits per heavy atom. The average molecular weight is 312 g/mol. The molecule has 0 bridgehead atoms. The van der Waals surface area contributed by atoms with Crippen molar-refractivity contribution in [3.8, 4) is 11.8 Å². The topological polar surface area (TPSA) is 95.5 Å². The summed E-state index contributed by atoms with van der Waals surface area (Å²) >= 11 is 0. The summed E-state index contributed by atoms with van der Waals surface area (Å²) in [6.07, 6.45) is 3.60. The summed E-state index contributed by atoms with van der Waals surface area (Å²) in [5.74, 6) is 0.678. The van der Waals surface area contributed by atoms with Crippen LogP contribution in [0.5, 0.6) is 5.75 Å². The van der Waals surface area contributed by atoms with Crippen LogP contribution < -0.4 is 10.1 Å². The van der Waals surface area contributed by atoms with Crippen molar-refractivity contribution in [1.82, 2.24) is 5.32 Å². The molecule has 0 saturated carbocycles. The molecule has 23 heavy (non-hydrogen) atoms. The number of nitrogens with one attached hydrogen (secondary N) is 1. The second-order valence-electron chi connectivity index (χ2n) is 4.63. The number of ether oxygens (including phenoxy) is 1. The third-order valence-corrected chi connectivity index (χ3v) is 2.95. The van der Waals surface area contributed by atoms with E-state index in [9.17, 15) is 9.90 Å². The molecule has 118 valence electrons. The summed E-state index contributed by atoms with van der Waals surface area (Å²) in [4.78, 5) is 11.7. The second-order valence-corrected chi connectivity index (χ2v) is 4.63. The van der Waals surface area contributed by atoms with E-state index in [1.165, 1.54) is 12.3 Å². The Morgan fingerprint density at radius 3 is 2.83 bits per heavy atom. The minimum atomic E-state index is -0.876. The van der Waals surface area contributed by atoms with Crippen LogP contribution in [-0.4, -0.2) is 24.2 Å². The normalized spacial score (nSPS) is 11.8. The number of benzene rings is 1. The molecule has 6 nitrogen and oxygen atoms in total. The maximum absolute atomic E-state index is 11.7. The van der Waals surface area contributed by atoms with E-state index in [0.29, 0.717) is 11.5 Å². The molecule has 2 N–H and O–H groups in total. The van der Waals surface area contributed by atoms with Gasteiger partial charge in [0.15, 0.2) is 6.61 Å². The Bertz CT molecular complexity index is 684. The summed E-state index contributed by atoms with van der Waals surface area (Å²) < 4.78 is 10.2. The number of nitrogens with zero attached hydrogens (tertiary/aromatic N) is 1. The van der Waals surface area contributed by atoms with Crippen molar-refractivity contribution in [3.63, 3.8) is 0 Å². The first kappa shape index (κ1) is 16.3. The molecule has 1 aromatic heterocycles. The molecule has 2 aromatic rings. The van der Waals surface area contributed by atoms with Crippen LogP contribution >= 0.6 is 0 Å². The van der Waals surface area contributed by atoms with Gasteiger partial charge in [-0.1, -0.05) is 12.1 Å². The number of carbonyl (C=O) groups excluding carboxylic acids is 1. The van der Waals surface area contributed by atoms with Crippen LogP contribution in [0.1, 0.15) is 17.4 Å². The van der Waals surface area contributed by atoms with E-state index in [4.69, 9.17) is 14.4 Å². The van der Waals surface area contributed by atoms with Crippen LogP contribution in [0.2, 0.25) is 0 Å². The molecule has 1 atom stereocenters. The van der Waals surface area contributed by atoms with Gasteiger partial charge in [0, 0.05) is 6.08 Å². The molecule has 0 aliphatic carbocycles. The molecule has 0 aliphatic heterocycles. The molecule has 1 heterocycles. The van der Waals surface area contributed by atoms with Gasteiger partial charge in [0.25, 0.3) is 0 Å². The predicted octanol–water partition coefficient (Wildman–Crippen LogP) is 2.04. The molecule has 1 aromatic carbocycles. The lowest BCUT2D eigenvalue weighted by Gasteiger charge is -2.07. The van der Waals surface area contributed by atoms with Crippen molar-refractivity contribution in [2.75, 3.05) is 13.2 Å². The van der Waals surface area contributed by atoms with Gasteiger partial charge in [-0.2, -0.15) is 5.26 Å². The third kappa shape index (κ3) is 5.34. The Kier molecular flexibility index (Phi) is 5.98. The van der Waals surface area contributed by atoms with Crippen molar-refractivity contribution >= 4 is 12.0 Å². The molecular weight excluding hydrogens is 296 g/mol. The number of aliphatic hydroxyl groups excluding tert-OH is 1. The highest BCUT2D eigenvalue weighted by molar-refractivity contribution is 5.91. The van der Waals surface area contributed by atoms with Crippen molar-refractivity contribution in [2.45, 2.75) is 6.10 Å². The van der Waals surface area contributed by atoms with Gasteiger partial charge in [-0.15, -0.1) is 0 Å². The van der Waals surface area contributed by atoms with Gasteiger partial charge in [0.05, 0.1) is 12.8 Å². The number of nitriles is 1. The van der Waals surface area contributed by atoms with Gasteiger partial charge in [-0.3, -0.25) is 4.79 Å². The summed E-state index contributed by atoms with van der Waals surface area (Å²) in [7, 11) is 0. The summed E-state index contributed by atoms with van der Waals surface area (Å²) in [6, 6.07) is 12.2. The molecule has 0 radical (unpaired) electrons. The van der Waals surface area contributed by atoms with E-state index in [2.05, 4.69) is 5.32 Å². The number of furan rings is 1. The fourth-order valence-corrected chi connectivity index (χ4v) is 1.80. The highest BCUT2D eigenvalue weighted by Gasteiger charge is 2.10. The average Bonchev–Trinajstić information content (AvgIpc) is 3.11. The molecule has 0 aliphatic rings.